The molecule has 10 nitrogen and oxygen atoms in total. The molecule has 0 aliphatic heterocycles. The minimum atomic E-state index is -4.47. The number of sulfonamides is 1. The summed E-state index contributed by atoms with van der Waals surface area (Å²) in [4.78, 5) is 22.5. The van der Waals surface area contributed by atoms with Crippen LogP contribution in [0, 0.1) is 11.6 Å². The van der Waals surface area contributed by atoms with Crippen LogP contribution in [-0.2, 0) is 21.4 Å². The number of amides is 1. The van der Waals surface area contributed by atoms with Gasteiger partial charge in [-0.25, -0.2) is 17.2 Å². The molecule has 0 fully saturated rings. The van der Waals surface area contributed by atoms with E-state index in [2.05, 4.69) is 4.72 Å². The minimum Gasteiger partial charge on any atom is -0.550 e. The number of halogens is 2. The van der Waals surface area contributed by atoms with Gasteiger partial charge < -0.3 is 30.4 Å². The van der Waals surface area contributed by atoms with Crippen LogP contribution in [0.1, 0.15) is 55.1 Å². The number of carboxylic acid groups (broad SMARTS) is 1. The quantitative estimate of drug-likeness (QED) is 0.143. The second kappa shape index (κ2) is 16.0. The van der Waals surface area contributed by atoms with Gasteiger partial charge >= 0.3 is 29.6 Å². The molecule has 0 unspecified atom stereocenters. The first kappa shape index (κ1) is 37.9. The van der Waals surface area contributed by atoms with E-state index in [0.29, 0.717) is 22.5 Å². The monoisotopic (exact) mass is 677 g/mol. The van der Waals surface area contributed by atoms with E-state index in [9.17, 15) is 42.1 Å². The van der Waals surface area contributed by atoms with E-state index < -0.39 is 58.1 Å². The number of aliphatic hydroxyl groups is 2. The molecule has 0 saturated carbocycles. The van der Waals surface area contributed by atoms with Gasteiger partial charge in [-0.1, -0.05) is 32.0 Å². The SMILES string of the molecule is CC(C)c1c(S(=O)(=O)Nc2cccc(C(N)=O)c2)c(-c2ccc(F)cc2)c(-c2ccc(F)cc2)n1CC[C@@H](O)C[C@@H](O)CC(=O)[O-].[Na+]. The van der Waals surface area contributed by atoms with Gasteiger partial charge in [0.2, 0.25) is 5.91 Å². The number of primary amides is 1. The average Bonchev–Trinajstić information content (AvgIpc) is 3.33. The molecule has 14 heteroatoms. The number of nitrogens with two attached hydrogens (primary N) is 1. The smallest absolute Gasteiger partial charge is 0.550 e. The molecule has 0 aliphatic carbocycles. The number of aromatic nitrogens is 1. The Morgan fingerprint density at radius 2 is 1.51 bits per heavy atom. The predicted octanol–water partition coefficient (Wildman–Crippen LogP) is 0.769. The average molecular weight is 678 g/mol. The molecule has 5 N–H and O–H groups in total. The predicted molar refractivity (Wildman–Crippen MR) is 166 cm³/mol. The molecule has 0 bridgehead atoms. The van der Waals surface area contributed by atoms with E-state index in [-0.39, 0.29) is 70.7 Å². The van der Waals surface area contributed by atoms with Gasteiger partial charge in [0, 0.05) is 41.4 Å². The number of carboxylic acids is 1. The number of hydrogen-bond acceptors (Lipinski definition) is 7. The number of hydrogen-bond donors (Lipinski definition) is 4. The first-order valence-electron chi connectivity index (χ1n) is 14.4. The van der Waals surface area contributed by atoms with Crippen molar-refractivity contribution in [1.82, 2.24) is 4.57 Å². The Morgan fingerprint density at radius 1 is 0.936 bits per heavy atom. The Morgan fingerprint density at radius 3 is 2.04 bits per heavy atom. The van der Waals surface area contributed by atoms with Crippen LogP contribution < -0.4 is 45.1 Å². The zero-order chi connectivity index (χ0) is 33.8. The molecule has 1 aromatic heterocycles. The molecule has 4 aromatic rings. The third-order valence-electron chi connectivity index (χ3n) is 7.36. The van der Waals surface area contributed by atoms with Crippen LogP contribution in [0.2, 0.25) is 0 Å². The standard InChI is InChI=1S/C33H35F2N3O7S.Na/c1-19(2)30-32(46(44,45)37-25-5-3-4-22(16-25)33(36)43)29(20-6-10-23(34)11-7-20)31(21-8-12-24(35)13-9-21)38(30)15-14-26(39)17-27(40)18-28(41)42;/h3-13,16,19,26-27,37,39-40H,14-15,17-18H2,1-2H3,(H2,36,43)(H,41,42);/q;+1/p-1/t26-,27-;/m1./s1. The van der Waals surface area contributed by atoms with Crippen LogP contribution in [0.25, 0.3) is 22.4 Å². The number of aliphatic carboxylic acids is 1. The summed E-state index contributed by atoms with van der Waals surface area (Å²) in [6.07, 6.45) is -3.51. The molecular weight excluding hydrogens is 643 g/mol. The van der Waals surface area contributed by atoms with Crippen LogP contribution >= 0.6 is 0 Å². The Labute approximate surface area is 293 Å². The van der Waals surface area contributed by atoms with Gasteiger partial charge in [0.05, 0.1) is 17.9 Å². The Balaban J connectivity index is 0.00000600. The third-order valence-corrected chi connectivity index (χ3v) is 8.81. The third kappa shape index (κ3) is 9.28. The minimum absolute atomic E-state index is 0. The summed E-state index contributed by atoms with van der Waals surface area (Å²) in [5.74, 6) is -3.78. The number of aliphatic hydroxyl groups excluding tert-OH is 2. The summed E-state index contributed by atoms with van der Waals surface area (Å²) in [5, 5.41) is 31.7. The summed E-state index contributed by atoms with van der Waals surface area (Å²) in [7, 11) is -4.47. The van der Waals surface area contributed by atoms with Crippen LogP contribution in [0.5, 0.6) is 0 Å². The molecule has 0 spiro atoms. The second-order valence-electron chi connectivity index (χ2n) is 11.2. The van der Waals surface area contributed by atoms with E-state index >= 15 is 0 Å². The summed E-state index contributed by atoms with van der Waals surface area (Å²) >= 11 is 0. The van der Waals surface area contributed by atoms with Crippen LogP contribution in [0.15, 0.2) is 77.7 Å². The summed E-state index contributed by atoms with van der Waals surface area (Å²) < 4.78 is 61.2. The number of carbonyl (C=O) groups excluding carboxylic acids is 2. The van der Waals surface area contributed by atoms with Gasteiger partial charge in [-0.3, -0.25) is 9.52 Å². The number of benzene rings is 3. The van der Waals surface area contributed by atoms with E-state index in [1.807, 2.05) is 0 Å². The second-order valence-corrected chi connectivity index (χ2v) is 12.8. The van der Waals surface area contributed by atoms with Crippen molar-refractivity contribution in [3.8, 4) is 22.4 Å². The first-order valence-corrected chi connectivity index (χ1v) is 15.9. The number of nitrogens with zero attached hydrogens (tertiary/aromatic N) is 1. The molecule has 0 saturated heterocycles. The fraction of sp³-hybridized carbons (Fsp3) is 0.273. The number of nitrogens with one attached hydrogen (secondary N) is 1. The molecule has 3 aromatic carbocycles. The maximum absolute atomic E-state index is 14.4. The van der Waals surface area contributed by atoms with Gasteiger partial charge in [0.1, 0.15) is 16.5 Å². The maximum Gasteiger partial charge on any atom is 1.00 e. The first-order chi connectivity index (χ1) is 21.7. The summed E-state index contributed by atoms with van der Waals surface area (Å²) in [6.45, 7) is 3.53. The Hall–Kier alpha value is -3.59. The van der Waals surface area contributed by atoms with Crippen molar-refractivity contribution >= 4 is 27.6 Å². The summed E-state index contributed by atoms with van der Waals surface area (Å²) in [5.41, 5.74) is 7.11. The van der Waals surface area contributed by atoms with Crippen LogP contribution in [-0.4, -0.2) is 47.3 Å². The molecule has 1 heterocycles. The summed E-state index contributed by atoms with van der Waals surface area (Å²) in [6, 6.07) is 16.2. The van der Waals surface area contributed by atoms with Crippen molar-refractivity contribution in [3.05, 3.63) is 95.7 Å². The van der Waals surface area contributed by atoms with Gasteiger partial charge in [-0.2, -0.15) is 0 Å². The Kier molecular flexibility index (Phi) is 12.9. The molecular formula is C33H34F2N3NaO7S. The van der Waals surface area contributed by atoms with Crippen LogP contribution in [0.3, 0.4) is 0 Å². The van der Waals surface area contributed by atoms with E-state index in [4.69, 9.17) is 5.73 Å². The number of carbonyl (C=O) groups is 2. The van der Waals surface area contributed by atoms with Crippen molar-refractivity contribution < 1.29 is 71.7 Å². The normalized spacial score (nSPS) is 12.7. The molecule has 0 aliphatic rings. The van der Waals surface area contributed by atoms with Crippen LogP contribution in [0.4, 0.5) is 14.5 Å². The van der Waals surface area contributed by atoms with Gasteiger partial charge in [0.25, 0.3) is 10.0 Å². The molecule has 47 heavy (non-hydrogen) atoms. The number of anilines is 1. The van der Waals surface area contributed by atoms with E-state index in [0.717, 1.165) is 0 Å². The zero-order valence-electron chi connectivity index (χ0n) is 26.1. The van der Waals surface area contributed by atoms with Crippen molar-refractivity contribution in [2.24, 2.45) is 5.73 Å². The Bertz CT molecular complexity index is 1830. The largest absolute Gasteiger partial charge is 1.00 e. The van der Waals surface area contributed by atoms with E-state index in [1.165, 1.54) is 72.8 Å². The van der Waals surface area contributed by atoms with Gasteiger partial charge in [-0.15, -0.1) is 0 Å². The van der Waals surface area contributed by atoms with Gasteiger partial charge in [-0.05, 0) is 84.5 Å². The molecule has 244 valence electrons. The fourth-order valence-electron chi connectivity index (χ4n) is 5.41. The fourth-order valence-corrected chi connectivity index (χ4v) is 7.06. The van der Waals surface area contributed by atoms with Crippen molar-refractivity contribution in [2.75, 3.05) is 4.72 Å². The molecule has 4 rings (SSSR count). The molecule has 2 atom stereocenters. The number of rotatable bonds is 14. The van der Waals surface area contributed by atoms with Crippen molar-refractivity contribution in [2.45, 2.75) is 62.7 Å². The molecule has 0 radical (unpaired) electrons. The maximum atomic E-state index is 14.4. The zero-order valence-corrected chi connectivity index (χ0v) is 28.9. The topological polar surface area (TPSA) is 175 Å². The van der Waals surface area contributed by atoms with Gasteiger partial charge in [0.15, 0.2) is 0 Å². The van der Waals surface area contributed by atoms with Crippen molar-refractivity contribution in [1.29, 1.82) is 0 Å². The van der Waals surface area contributed by atoms with E-state index in [1.54, 1.807) is 18.4 Å². The van der Waals surface area contributed by atoms with Crippen molar-refractivity contribution in [3.63, 3.8) is 0 Å². The molecule has 1 amide bonds.